The van der Waals surface area contributed by atoms with Gasteiger partial charge in [-0.3, -0.25) is 9.59 Å². The van der Waals surface area contributed by atoms with Crippen molar-refractivity contribution in [2.24, 2.45) is 0 Å². The van der Waals surface area contributed by atoms with E-state index >= 15 is 0 Å². The Balaban J connectivity index is 1.86. The highest BCUT2D eigenvalue weighted by atomic mass is 16.2. The zero-order chi connectivity index (χ0) is 13.1. The molecule has 0 aromatic heterocycles. The third kappa shape index (κ3) is 3.23. The number of carbonyl (C=O) groups excluding carboxylic acids is 2. The Labute approximate surface area is 106 Å². The van der Waals surface area contributed by atoms with Gasteiger partial charge in [0.1, 0.15) is 0 Å². The van der Waals surface area contributed by atoms with Crippen LogP contribution in [0.5, 0.6) is 0 Å². The number of benzene rings is 1. The number of anilines is 1. The number of hydrogen-bond acceptors (Lipinski definition) is 3. The van der Waals surface area contributed by atoms with Gasteiger partial charge >= 0.3 is 0 Å². The van der Waals surface area contributed by atoms with Crippen molar-refractivity contribution >= 4 is 17.5 Å². The summed E-state index contributed by atoms with van der Waals surface area (Å²) in [6.45, 7) is 1.85. The molecule has 0 aliphatic heterocycles. The van der Waals surface area contributed by atoms with Crippen LogP contribution >= 0.6 is 0 Å². The van der Waals surface area contributed by atoms with Crippen LogP contribution in [0, 0.1) is 6.92 Å². The fraction of sp³-hybridized carbons (Fsp3) is 0.385. The molecule has 1 aliphatic carbocycles. The molecule has 96 valence electrons. The first-order valence-electron chi connectivity index (χ1n) is 6.00. The van der Waals surface area contributed by atoms with Crippen LogP contribution in [0.25, 0.3) is 0 Å². The van der Waals surface area contributed by atoms with Crippen LogP contribution in [-0.4, -0.2) is 24.4 Å². The van der Waals surface area contributed by atoms with E-state index in [2.05, 4.69) is 10.6 Å². The molecule has 1 aliphatic rings. The van der Waals surface area contributed by atoms with E-state index in [1.54, 1.807) is 18.2 Å². The maximum absolute atomic E-state index is 11.8. The Bertz CT molecular complexity index is 481. The SMILES string of the molecule is Cc1cc(C(=O)NCC(=O)NC2CC2)ccc1N. The van der Waals surface area contributed by atoms with Gasteiger partial charge in [0, 0.05) is 17.3 Å². The summed E-state index contributed by atoms with van der Waals surface area (Å²) in [6.07, 6.45) is 2.08. The largest absolute Gasteiger partial charge is 0.399 e. The van der Waals surface area contributed by atoms with Crippen molar-refractivity contribution in [2.75, 3.05) is 12.3 Å². The number of hydrogen-bond donors (Lipinski definition) is 3. The highest BCUT2D eigenvalue weighted by molar-refractivity contribution is 5.97. The quantitative estimate of drug-likeness (QED) is 0.681. The Kier molecular flexibility index (Phi) is 3.50. The second-order valence-electron chi connectivity index (χ2n) is 4.60. The van der Waals surface area contributed by atoms with E-state index in [1.807, 2.05) is 6.92 Å². The fourth-order valence-corrected chi connectivity index (χ4v) is 1.59. The van der Waals surface area contributed by atoms with Crippen molar-refractivity contribution in [3.8, 4) is 0 Å². The topological polar surface area (TPSA) is 84.2 Å². The molecule has 2 rings (SSSR count). The lowest BCUT2D eigenvalue weighted by Crippen LogP contribution is -2.37. The third-order valence-corrected chi connectivity index (χ3v) is 2.88. The Morgan fingerprint density at radius 1 is 1.39 bits per heavy atom. The van der Waals surface area contributed by atoms with Crippen LogP contribution in [0.1, 0.15) is 28.8 Å². The van der Waals surface area contributed by atoms with Gasteiger partial charge in [-0.1, -0.05) is 0 Å². The number of nitrogens with two attached hydrogens (primary N) is 1. The highest BCUT2D eigenvalue weighted by Gasteiger charge is 2.23. The molecule has 1 fully saturated rings. The van der Waals surface area contributed by atoms with Crippen molar-refractivity contribution in [3.05, 3.63) is 29.3 Å². The van der Waals surface area contributed by atoms with Crippen LogP contribution in [0.2, 0.25) is 0 Å². The summed E-state index contributed by atoms with van der Waals surface area (Å²) in [4.78, 5) is 23.2. The number of carbonyl (C=O) groups is 2. The van der Waals surface area contributed by atoms with E-state index in [1.165, 1.54) is 0 Å². The second-order valence-corrected chi connectivity index (χ2v) is 4.60. The van der Waals surface area contributed by atoms with Crippen LogP contribution in [0.15, 0.2) is 18.2 Å². The number of rotatable bonds is 4. The summed E-state index contributed by atoms with van der Waals surface area (Å²) >= 11 is 0. The zero-order valence-corrected chi connectivity index (χ0v) is 10.3. The zero-order valence-electron chi connectivity index (χ0n) is 10.3. The van der Waals surface area contributed by atoms with Crippen molar-refractivity contribution in [1.29, 1.82) is 0 Å². The summed E-state index contributed by atoms with van der Waals surface area (Å²) in [5, 5.41) is 5.39. The number of amides is 2. The standard InChI is InChI=1S/C13H17N3O2/c1-8-6-9(2-5-11(8)14)13(18)15-7-12(17)16-10-3-4-10/h2,5-6,10H,3-4,7,14H2,1H3,(H,15,18)(H,16,17). The molecule has 1 saturated carbocycles. The molecule has 0 spiro atoms. The van der Waals surface area contributed by atoms with Gasteiger partial charge in [-0.05, 0) is 43.5 Å². The van der Waals surface area contributed by atoms with Crippen LogP contribution in [0.4, 0.5) is 5.69 Å². The minimum absolute atomic E-state index is 0.0127. The summed E-state index contributed by atoms with van der Waals surface area (Å²) in [5.41, 5.74) is 7.69. The van der Waals surface area contributed by atoms with Gasteiger partial charge < -0.3 is 16.4 Å². The van der Waals surface area contributed by atoms with Gasteiger partial charge in [0.15, 0.2) is 0 Å². The monoisotopic (exact) mass is 247 g/mol. The van der Waals surface area contributed by atoms with Gasteiger partial charge in [0.05, 0.1) is 6.54 Å². The minimum Gasteiger partial charge on any atom is -0.399 e. The summed E-state index contributed by atoms with van der Waals surface area (Å²) in [6, 6.07) is 5.36. The number of nitrogens with one attached hydrogen (secondary N) is 2. The van der Waals surface area contributed by atoms with Crippen molar-refractivity contribution in [1.82, 2.24) is 10.6 Å². The maximum atomic E-state index is 11.8. The highest BCUT2D eigenvalue weighted by Crippen LogP contribution is 2.18. The normalized spacial score (nSPS) is 14.1. The molecule has 0 radical (unpaired) electrons. The average molecular weight is 247 g/mol. The first kappa shape index (κ1) is 12.4. The van der Waals surface area contributed by atoms with Gasteiger partial charge in [-0.15, -0.1) is 0 Å². The molecular weight excluding hydrogens is 230 g/mol. The fourth-order valence-electron chi connectivity index (χ4n) is 1.59. The molecule has 0 heterocycles. The third-order valence-electron chi connectivity index (χ3n) is 2.88. The molecule has 2 amide bonds. The average Bonchev–Trinajstić information content (AvgIpc) is 3.13. The summed E-state index contributed by atoms with van der Waals surface area (Å²) in [5.74, 6) is -0.401. The van der Waals surface area contributed by atoms with E-state index in [-0.39, 0.29) is 18.4 Å². The van der Waals surface area contributed by atoms with E-state index in [4.69, 9.17) is 5.73 Å². The van der Waals surface area contributed by atoms with Gasteiger partial charge in [0.25, 0.3) is 5.91 Å². The molecule has 0 saturated heterocycles. The van der Waals surface area contributed by atoms with E-state index < -0.39 is 0 Å². The van der Waals surface area contributed by atoms with Gasteiger partial charge in [0.2, 0.25) is 5.91 Å². The summed E-state index contributed by atoms with van der Waals surface area (Å²) in [7, 11) is 0. The van der Waals surface area contributed by atoms with Crippen molar-refractivity contribution < 1.29 is 9.59 Å². The van der Waals surface area contributed by atoms with Crippen LogP contribution in [0.3, 0.4) is 0 Å². The second kappa shape index (κ2) is 5.08. The lowest BCUT2D eigenvalue weighted by molar-refractivity contribution is -0.120. The number of nitrogen functional groups attached to an aromatic ring is 1. The molecule has 4 N–H and O–H groups in total. The minimum atomic E-state index is -0.260. The predicted molar refractivity (Wildman–Crippen MR) is 69.1 cm³/mol. The molecule has 1 aromatic rings. The lowest BCUT2D eigenvalue weighted by Gasteiger charge is -2.07. The van der Waals surface area contributed by atoms with Gasteiger partial charge in [-0.25, -0.2) is 0 Å². The van der Waals surface area contributed by atoms with Gasteiger partial charge in [-0.2, -0.15) is 0 Å². The first-order chi connectivity index (χ1) is 8.56. The molecule has 0 atom stereocenters. The van der Waals surface area contributed by atoms with Crippen LogP contribution in [-0.2, 0) is 4.79 Å². The molecule has 18 heavy (non-hydrogen) atoms. The molecule has 5 heteroatoms. The molecule has 1 aromatic carbocycles. The number of aryl methyl sites for hydroxylation is 1. The Morgan fingerprint density at radius 3 is 2.72 bits per heavy atom. The van der Waals surface area contributed by atoms with E-state index in [9.17, 15) is 9.59 Å². The molecule has 0 bridgehead atoms. The van der Waals surface area contributed by atoms with Crippen molar-refractivity contribution in [3.63, 3.8) is 0 Å². The first-order valence-corrected chi connectivity index (χ1v) is 6.00. The summed E-state index contributed by atoms with van der Waals surface area (Å²) < 4.78 is 0. The molecule has 5 nitrogen and oxygen atoms in total. The maximum Gasteiger partial charge on any atom is 0.251 e. The smallest absolute Gasteiger partial charge is 0.251 e. The molecular formula is C13H17N3O2. The predicted octanol–water partition coefficient (Wildman–Crippen LogP) is 0.586. The van der Waals surface area contributed by atoms with Crippen molar-refractivity contribution in [2.45, 2.75) is 25.8 Å². The van der Waals surface area contributed by atoms with E-state index in [0.29, 0.717) is 17.3 Å². The Morgan fingerprint density at radius 2 is 2.11 bits per heavy atom. The lowest BCUT2D eigenvalue weighted by atomic mass is 10.1. The van der Waals surface area contributed by atoms with E-state index in [0.717, 1.165) is 18.4 Å². The Hall–Kier alpha value is -2.04. The molecule has 0 unspecified atom stereocenters. The van der Waals surface area contributed by atoms with Crippen LogP contribution < -0.4 is 16.4 Å².